The zero-order valence-corrected chi connectivity index (χ0v) is 23.2. The number of aliphatic hydroxyl groups is 1. The third kappa shape index (κ3) is 6.40. The molecule has 1 aliphatic rings. The summed E-state index contributed by atoms with van der Waals surface area (Å²) >= 11 is 6.24. The van der Waals surface area contributed by atoms with Gasteiger partial charge >= 0.3 is 0 Å². The van der Waals surface area contributed by atoms with E-state index < -0.39 is 67.8 Å². The second-order valence-corrected chi connectivity index (χ2v) is 12.6. The minimum atomic E-state index is -4.11. The summed E-state index contributed by atoms with van der Waals surface area (Å²) in [6, 6.07) is 3.95. The molecule has 0 aliphatic heterocycles. The van der Waals surface area contributed by atoms with Crippen molar-refractivity contribution < 1.29 is 36.3 Å². The van der Waals surface area contributed by atoms with E-state index in [1.807, 2.05) is 6.92 Å². The Hall–Kier alpha value is -2.67. The highest BCUT2D eigenvalue weighted by Gasteiger charge is 2.50. The molecule has 0 heterocycles. The Morgan fingerprint density at radius 2 is 1.79 bits per heavy atom. The summed E-state index contributed by atoms with van der Waals surface area (Å²) in [4.78, 5) is 24.4. The second-order valence-electron chi connectivity index (χ2n) is 10.00. The van der Waals surface area contributed by atoms with Crippen molar-refractivity contribution in [3.63, 3.8) is 0 Å². The number of nitrogens with one attached hydrogen (secondary N) is 2. The molecule has 39 heavy (non-hydrogen) atoms. The fourth-order valence-electron chi connectivity index (χ4n) is 4.97. The largest absolute Gasteiger partial charge is 0.387 e. The molecule has 8 nitrogen and oxygen atoms in total. The van der Waals surface area contributed by atoms with Gasteiger partial charge in [0.05, 0.1) is 26.8 Å². The van der Waals surface area contributed by atoms with Crippen LogP contribution in [0.1, 0.15) is 50.4 Å². The molecule has 5 N–H and O–H groups in total. The van der Waals surface area contributed by atoms with Crippen LogP contribution in [-0.4, -0.2) is 48.8 Å². The first kappa shape index (κ1) is 30.9. The van der Waals surface area contributed by atoms with Crippen molar-refractivity contribution >= 4 is 38.9 Å². The first-order valence-electron chi connectivity index (χ1n) is 12.4. The minimum Gasteiger partial charge on any atom is -0.387 e. The third-order valence-electron chi connectivity index (χ3n) is 7.36. The number of nitrogens with two attached hydrogens (primary N) is 1. The fraction of sp³-hybridized carbons (Fsp3) is 0.462. The van der Waals surface area contributed by atoms with Gasteiger partial charge in [0.2, 0.25) is 5.91 Å². The summed E-state index contributed by atoms with van der Waals surface area (Å²) in [5.74, 6) is -7.04. The van der Waals surface area contributed by atoms with Gasteiger partial charge < -0.3 is 21.5 Å². The predicted octanol–water partition coefficient (Wildman–Crippen LogP) is 3.80. The lowest BCUT2D eigenvalue weighted by molar-refractivity contribution is -0.127. The van der Waals surface area contributed by atoms with Crippen molar-refractivity contribution in [2.75, 3.05) is 11.9 Å². The van der Waals surface area contributed by atoms with E-state index in [0.29, 0.717) is 18.6 Å². The number of carbonyl (C=O) groups excluding carboxylic acids is 2. The lowest BCUT2D eigenvalue weighted by Gasteiger charge is -2.47. The van der Waals surface area contributed by atoms with Gasteiger partial charge in [-0.2, -0.15) is 0 Å². The molecule has 2 aromatic carbocycles. The molecule has 5 atom stereocenters. The average molecular weight is 590 g/mol. The topological polar surface area (TPSA) is 139 Å². The first-order chi connectivity index (χ1) is 18.1. The highest BCUT2D eigenvalue weighted by Crippen LogP contribution is 2.44. The van der Waals surface area contributed by atoms with Gasteiger partial charge in [-0.15, -0.1) is 0 Å². The van der Waals surface area contributed by atoms with Crippen molar-refractivity contribution in [2.45, 2.75) is 61.8 Å². The van der Waals surface area contributed by atoms with Gasteiger partial charge in [0.15, 0.2) is 27.3 Å². The molecule has 0 bridgehead atoms. The zero-order chi connectivity index (χ0) is 29.3. The van der Waals surface area contributed by atoms with Crippen molar-refractivity contribution in [3.05, 3.63) is 58.4 Å². The summed E-state index contributed by atoms with van der Waals surface area (Å²) < 4.78 is 67.7. The number of sulfone groups is 1. The van der Waals surface area contributed by atoms with Gasteiger partial charge in [-0.3, -0.25) is 9.59 Å². The Kier molecular flexibility index (Phi) is 9.36. The minimum absolute atomic E-state index is 0.0598. The lowest BCUT2D eigenvalue weighted by atomic mass is 9.67. The third-order valence-corrected chi connectivity index (χ3v) is 10.0. The Morgan fingerprint density at radius 1 is 1.18 bits per heavy atom. The van der Waals surface area contributed by atoms with Gasteiger partial charge in [0.1, 0.15) is 0 Å². The van der Waals surface area contributed by atoms with E-state index in [1.165, 1.54) is 19.1 Å². The molecule has 1 aliphatic carbocycles. The highest BCUT2D eigenvalue weighted by molar-refractivity contribution is 7.92. The molecular weight excluding hydrogens is 559 g/mol. The van der Waals surface area contributed by atoms with Crippen molar-refractivity contribution in [1.82, 2.24) is 5.32 Å². The van der Waals surface area contributed by atoms with Crippen LogP contribution in [0, 0.1) is 29.3 Å². The summed E-state index contributed by atoms with van der Waals surface area (Å²) in [5, 5.41) is 15.2. The maximum Gasteiger partial charge on any atom is 0.255 e. The van der Waals surface area contributed by atoms with Crippen molar-refractivity contribution in [2.24, 2.45) is 17.6 Å². The molecule has 2 aromatic rings. The predicted molar refractivity (Wildman–Crippen MR) is 140 cm³/mol. The smallest absolute Gasteiger partial charge is 0.255 e. The zero-order valence-electron chi connectivity index (χ0n) is 21.6. The van der Waals surface area contributed by atoms with Gasteiger partial charge in [-0.25, -0.2) is 21.6 Å². The quantitative estimate of drug-likeness (QED) is 0.346. The van der Waals surface area contributed by atoms with Crippen LogP contribution < -0.4 is 16.4 Å². The van der Waals surface area contributed by atoms with Gasteiger partial charge in [0, 0.05) is 29.9 Å². The Labute approximate surface area is 230 Å². The summed E-state index contributed by atoms with van der Waals surface area (Å²) in [6.45, 7) is 4.94. The van der Waals surface area contributed by atoms with E-state index in [9.17, 15) is 36.3 Å². The van der Waals surface area contributed by atoms with E-state index in [4.69, 9.17) is 17.3 Å². The molecule has 0 saturated heterocycles. The van der Waals surface area contributed by atoms with Crippen LogP contribution in [0.3, 0.4) is 0 Å². The van der Waals surface area contributed by atoms with E-state index in [-0.39, 0.29) is 40.6 Å². The molecule has 1 fully saturated rings. The maximum absolute atomic E-state index is 13.7. The van der Waals surface area contributed by atoms with Gasteiger partial charge in [0.25, 0.3) is 5.91 Å². The van der Waals surface area contributed by atoms with E-state index in [0.717, 1.165) is 6.07 Å². The van der Waals surface area contributed by atoms with Crippen LogP contribution in [0.5, 0.6) is 0 Å². The van der Waals surface area contributed by atoms with Crippen LogP contribution in [0.25, 0.3) is 0 Å². The molecule has 1 unspecified atom stereocenters. The van der Waals surface area contributed by atoms with Gasteiger partial charge in [-0.1, -0.05) is 31.9 Å². The number of hydrogen-bond donors (Lipinski definition) is 4. The SMILES string of the molecule is CCC1C[C@@H](S(=O)(=O)c2cc(C(=O)Nc3cc(F)c(F)c(F)c3)ccc2Cl)C[C@H](C)[C@@]1(O)CNC(=O)[C@H](C)N. The Balaban J connectivity index is 1.86. The molecule has 13 heteroatoms. The maximum atomic E-state index is 13.7. The van der Waals surface area contributed by atoms with Crippen LogP contribution in [0.4, 0.5) is 18.9 Å². The number of halogens is 4. The number of carbonyl (C=O) groups is 2. The van der Waals surface area contributed by atoms with E-state index >= 15 is 0 Å². The van der Waals surface area contributed by atoms with E-state index in [2.05, 4.69) is 10.6 Å². The Morgan fingerprint density at radius 3 is 2.36 bits per heavy atom. The van der Waals surface area contributed by atoms with Crippen molar-refractivity contribution in [1.29, 1.82) is 0 Å². The summed E-state index contributed by atoms with van der Waals surface area (Å²) in [5.41, 5.74) is 3.70. The van der Waals surface area contributed by atoms with E-state index in [1.54, 1.807) is 6.92 Å². The monoisotopic (exact) mass is 589 g/mol. The number of amides is 2. The Bertz CT molecular complexity index is 1350. The molecular formula is C26H31ClF3N3O5S. The first-order valence-corrected chi connectivity index (χ1v) is 14.3. The van der Waals surface area contributed by atoms with Crippen molar-refractivity contribution in [3.8, 4) is 0 Å². The molecule has 214 valence electrons. The van der Waals surface area contributed by atoms with Crippen LogP contribution in [-0.2, 0) is 14.6 Å². The number of rotatable bonds is 8. The standard InChI is InChI=1S/C26H31ClF3N3O5S/c1-4-16-9-18(7-13(2)26(16,36)12-32-24(34)14(3)31)39(37,38)22-8-15(5-6-19(22)27)25(35)33-17-10-20(28)23(30)21(29)11-17/h5-6,8,10-11,13-14,16,18,36H,4,7,9,12,31H2,1-3H3,(H,32,34)(H,33,35)/t13-,14-,16?,18-,26-/m0/s1. The molecule has 3 rings (SSSR count). The lowest BCUT2D eigenvalue weighted by Crippen LogP contribution is -2.58. The second kappa shape index (κ2) is 11.8. The highest BCUT2D eigenvalue weighted by atomic mass is 35.5. The van der Waals surface area contributed by atoms with Crippen LogP contribution >= 0.6 is 11.6 Å². The average Bonchev–Trinajstić information content (AvgIpc) is 2.87. The number of hydrogen-bond acceptors (Lipinski definition) is 6. The summed E-state index contributed by atoms with van der Waals surface area (Å²) in [7, 11) is -4.11. The fourth-order valence-corrected chi connectivity index (χ4v) is 7.43. The summed E-state index contributed by atoms with van der Waals surface area (Å²) in [6.07, 6.45) is 0.570. The molecule has 1 saturated carbocycles. The van der Waals surface area contributed by atoms with Crippen LogP contribution in [0.15, 0.2) is 35.2 Å². The normalized spacial score (nSPS) is 24.2. The van der Waals surface area contributed by atoms with Crippen LogP contribution in [0.2, 0.25) is 5.02 Å². The molecule has 0 spiro atoms. The molecule has 0 radical (unpaired) electrons. The molecule has 0 aromatic heterocycles. The number of benzene rings is 2. The van der Waals surface area contributed by atoms with Gasteiger partial charge in [-0.05, 0) is 49.8 Å². The molecule has 2 amide bonds. The number of anilines is 1.